The summed E-state index contributed by atoms with van der Waals surface area (Å²) < 4.78 is 0. The van der Waals surface area contributed by atoms with Gasteiger partial charge in [-0.1, -0.05) is 6.42 Å². The first kappa shape index (κ1) is 12.9. The molecule has 0 spiro atoms. The van der Waals surface area contributed by atoms with Crippen LogP contribution < -0.4 is 5.32 Å². The Bertz CT molecular complexity index is 161. The quantitative estimate of drug-likeness (QED) is 0.710. The molecule has 0 radical (unpaired) electrons. The van der Waals surface area contributed by atoms with Crippen LogP contribution in [0, 0.1) is 0 Å². The smallest absolute Gasteiger partial charge is 0.0104 e. The minimum Gasteiger partial charge on any atom is -0.318 e. The molecule has 1 aliphatic rings. The Kier molecular flexibility index (Phi) is 6.22. The van der Waals surface area contributed by atoms with E-state index >= 15 is 0 Å². The molecule has 0 aromatic carbocycles. The zero-order chi connectivity index (χ0) is 11.1. The number of hydrogen-bond acceptors (Lipinski definition) is 3. The molecule has 1 N–H and O–H groups in total. The molecule has 1 unspecified atom stereocenters. The van der Waals surface area contributed by atoms with Crippen LogP contribution in [0.2, 0.25) is 0 Å². The van der Waals surface area contributed by atoms with Gasteiger partial charge in [0.05, 0.1) is 0 Å². The number of hydrogen-bond donors (Lipinski definition) is 1. The van der Waals surface area contributed by atoms with Crippen molar-refractivity contribution in [2.45, 2.75) is 31.7 Å². The summed E-state index contributed by atoms with van der Waals surface area (Å²) in [6.45, 7) is 4.78. The SMILES string of the molecule is CNCCN(C)CCC1CCCCN1C. The molecule has 1 rings (SSSR count). The second-order valence-corrected chi connectivity index (χ2v) is 4.83. The van der Waals surface area contributed by atoms with Crippen LogP contribution in [-0.4, -0.2) is 63.2 Å². The van der Waals surface area contributed by atoms with Crippen molar-refractivity contribution in [3.05, 3.63) is 0 Å². The first-order chi connectivity index (χ1) is 7.24. The highest BCUT2D eigenvalue weighted by molar-refractivity contribution is 4.75. The molecule has 0 aromatic rings. The molecular formula is C12H27N3. The van der Waals surface area contributed by atoms with Crippen molar-refractivity contribution in [2.24, 2.45) is 0 Å². The number of nitrogens with zero attached hydrogens (tertiary/aromatic N) is 2. The van der Waals surface area contributed by atoms with Crippen molar-refractivity contribution in [1.29, 1.82) is 0 Å². The van der Waals surface area contributed by atoms with Crippen LogP contribution in [0.15, 0.2) is 0 Å². The molecule has 0 aliphatic carbocycles. The van der Waals surface area contributed by atoms with Gasteiger partial charge in [-0.05, 0) is 53.5 Å². The Morgan fingerprint density at radius 3 is 2.80 bits per heavy atom. The van der Waals surface area contributed by atoms with Gasteiger partial charge in [-0.2, -0.15) is 0 Å². The molecular weight excluding hydrogens is 186 g/mol. The van der Waals surface area contributed by atoms with Crippen molar-refractivity contribution in [1.82, 2.24) is 15.1 Å². The van der Waals surface area contributed by atoms with Crippen LogP contribution in [0.1, 0.15) is 25.7 Å². The van der Waals surface area contributed by atoms with Gasteiger partial charge in [0.25, 0.3) is 0 Å². The molecule has 0 bridgehead atoms. The standard InChI is InChI=1S/C12H27N3/c1-13-8-11-14(2)10-7-12-6-4-5-9-15(12)3/h12-13H,4-11H2,1-3H3. The number of nitrogens with one attached hydrogen (secondary N) is 1. The first-order valence-corrected chi connectivity index (χ1v) is 6.27. The largest absolute Gasteiger partial charge is 0.318 e. The average Bonchev–Trinajstić information content (AvgIpc) is 2.25. The predicted octanol–water partition coefficient (Wildman–Crippen LogP) is 1.01. The maximum Gasteiger partial charge on any atom is 0.0104 e. The molecule has 1 atom stereocenters. The number of piperidine rings is 1. The van der Waals surface area contributed by atoms with Crippen LogP contribution in [-0.2, 0) is 0 Å². The first-order valence-electron chi connectivity index (χ1n) is 6.27. The summed E-state index contributed by atoms with van der Waals surface area (Å²) in [6, 6.07) is 0.829. The lowest BCUT2D eigenvalue weighted by molar-refractivity contribution is 0.161. The predicted molar refractivity (Wildman–Crippen MR) is 66.3 cm³/mol. The third kappa shape index (κ3) is 4.96. The Labute approximate surface area is 94.8 Å². The summed E-state index contributed by atoms with van der Waals surface area (Å²) in [5.74, 6) is 0. The topological polar surface area (TPSA) is 18.5 Å². The van der Waals surface area contributed by atoms with E-state index in [9.17, 15) is 0 Å². The molecule has 0 saturated carbocycles. The Morgan fingerprint density at radius 1 is 1.33 bits per heavy atom. The Hall–Kier alpha value is -0.120. The second kappa shape index (κ2) is 7.20. The maximum atomic E-state index is 3.19. The molecule has 90 valence electrons. The van der Waals surface area contributed by atoms with Crippen LogP contribution in [0.25, 0.3) is 0 Å². The second-order valence-electron chi connectivity index (χ2n) is 4.83. The van der Waals surface area contributed by atoms with Crippen LogP contribution in [0.3, 0.4) is 0 Å². The lowest BCUT2D eigenvalue weighted by Gasteiger charge is -2.33. The average molecular weight is 213 g/mol. The summed E-state index contributed by atoms with van der Waals surface area (Å²) in [4.78, 5) is 4.97. The van der Waals surface area contributed by atoms with Crippen molar-refractivity contribution in [3.8, 4) is 0 Å². The Morgan fingerprint density at radius 2 is 2.13 bits per heavy atom. The molecule has 0 amide bonds. The highest BCUT2D eigenvalue weighted by atomic mass is 15.2. The lowest BCUT2D eigenvalue weighted by atomic mass is 10.00. The molecule has 3 nitrogen and oxygen atoms in total. The maximum absolute atomic E-state index is 3.19. The van der Waals surface area contributed by atoms with E-state index in [1.54, 1.807) is 0 Å². The Balaban J connectivity index is 2.11. The van der Waals surface area contributed by atoms with Crippen LogP contribution in [0.4, 0.5) is 0 Å². The van der Waals surface area contributed by atoms with Gasteiger partial charge in [0.15, 0.2) is 0 Å². The van der Waals surface area contributed by atoms with Gasteiger partial charge >= 0.3 is 0 Å². The molecule has 0 aromatic heterocycles. The highest BCUT2D eigenvalue weighted by Crippen LogP contribution is 2.17. The van der Waals surface area contributed by atoms with Gasteiger partial charge in [0.1, 0.15) is 0 Å². The normalized spacial score (nSPS) is 23.6. The number of likely N-dealkylation sites (N-methyl/N-ethyl adjacent to an activating group) is 2. The molecule has 1 aliphatic heterocycles. The van der Waals surface area contributed by atoms with Gasteiger partial charge < -0.3 is 15.1 Å². The summed E-state index contributed by atoms with van der Waals surface area (Å²) in [5, 5.41) is 3.19. The van der Waals surface area contributed by atoms with E-state index in [0.717, 1.165) is 19.1 Å². The zero-order valence-corrected chi connectivity index (χ0v) is 10.6. The summed E-state index contributed by atoms with van der Waals surface area (Å²) in [7, 11) is 6.51. The highest BCUT2D eigenvalue weighted by Gasteiger charge is 2.18. The van der Waals surface area contributed by atoms with Crippen LogP contribution >= 0.6 is 0 Å². The molecule has 1 saturated heterocycles. The van der Waals surface area contributed by atoms with E-state index < -0.39 is 0 Å². The third-order valence-electron chi connectivity index (χ3n) is 3.51. The van der Waals surface area contributed by atoms with Crippen molar-refractivity contribution in [2.75, 3.05) is 47.3 Å². The fourth-order valence-corrected chi connectivity index (χ4v) is 2.29. The van der Waals surface area contributed by atoms with E-state index in [-0.39, 0.29) is 0 Å². The van der Waals surface area contributed by atoms with E-state index in [0.29, 0.717) is 0 Å². The van der Waals surface area contributed by atoms with Crippen molar-refractivity contribution in [3.63, 3.8) is 0 Å². The monoisotopic (exact) mass is 213 g/mol. The van der Waals surface area contributed by atoms with Gasteiger partial charge in [-0.25, -0.2) is 0 Å². The van der Waals surface area contributed by atoms with E-state index in [1.165, 1.54) is 38.8 Å². The van der Waals surface area contributed by atoms with Crippen LogP contribution in [0.5, 0.6) is 0 Å². The minimum atomic E-state index is 0.829. The van der Waals surface area contributed by atoms with Crippen molar-refractivity contribution < 1.29 is 0 Å². The van der Waals surface area contributed by atoms with E-state index in [1.807, 2.05) is 7.05 Å². The van der Waals surface area contributed by atoms with Gasteiger partial charge in [-0.3, -0.25) is 0 Å². The zero-order valence-electron chi connectivity index (χ0n) is 10.6. The fourth-order valence-electron chi connectivity index (χ4n) is 2.29. The molecule has 1 heterocycles. The molecule has 15 heavy (non-hydrogen) atoms. The number of rotatable bonds is 6. The number of likely N-dealkylation sites (tertiary alicyclic amines) is 1. The van der Waals surface area contributed by atoms with E-state index in [4.69, 9.17) is 0 Å². The van der Waals surface area contributed by atoms with Gasteiger partial charge in [0, 0.05) is 19.1 Å². The fraction of sp³-hybridized carbons (Fsp3) is 1.00. The van der Waals surface area contributed by atoms with Gasteiger partial charge in [0.2, 0.25) is 0 Å². The van der Waals surface area contributed by atoms with E-state index in [2.05, 4.69) is 29.2 Å². The van der Waals surface area contributed by atoms with Crippen molar-refractivity contribution >= 4 is 0 Å². The summed E-state index contributed by atoms with van der Waals surface area (Å²) in [5.41, 5.74) is 0. The minimum absolute atomic E-state index is 0.829. The summed E-state index contributed by atoms with van der Waals surface area (Å²) >= 11 is 0. The van der Waals surface area contributed by atoms with Gasteiger partial charge in [-0.15, -0.1) is 0 Å². The third-order valence-corrected chi connectivity index (χ3v) is 3.51. The lowest BCUT2D eigenvalue weighted by Crippen LogP contribution is -2.39. The molecule has 3 heteroatoms. The summed E-state index contributed by atoms with van der Waals surface area (Å²) in [6.07, 6.45) is 5.55. The molecule has 1 fully saturated rings.